The maximum atomic E-state index is 12.0. The molecule has 9 heteroatoms. The molecule has 3 amide bonds. The number of hydrogen-bond donors (Lipinski definition) is 4. The van der Waals surface area contributed by atoms with E-state index in [1.807, 2.05) is 0 Å². The van der Waals surface area contributed by atoms with Gasteiger partial charge in [0.15, 0.2) is 0 Å². The van der Waals surface area contributed by atoms with Gasteiger partial charge in [-0.3, -0.25) is 14.9 Å². The van der Waals surface area contributed by atoms with Gasteiger partial charge in [-0.2, -0.15) is 5.06 Å². The van der Waals surface area contributed by atoms with Crippen LogP contribution in [0.2, 0.25) is 0 Å². The predicted molar refractivity (Wildman–Crippen MR) is 52.9 cm³/mol. The molecule has 0 bridgehead atoms. The van der Waals surface area contributed by atoms with Crippen LogP contribution in [0.3, 0.4) is 0 Å². The molecule has 0 radical (unpaired) electrons. The van der Waals surface area contributed by atoms with E-state index in [0.717, 1.165) is 7.05 Å². The third kappa shape index (κ3) is 1.39. The highest BCUT2D eigenvalue weighted by Gasteiger charge is 2.71. The van der Waals surface area contributed by atoms with E-state index >= 15 is 0 Å². The molecule has 0 aliphatic carbocycles. The number of carbonyl (C=O) groups excluding carboxylic acids is 2. The molecule has 0 aromatic carbocycles. The molecule has 1 spiro atoms. The Labute approximate surface area is 102 Å². The van der Waals surface area contributed by atoms with E-state index in [1.54, 1.807) is 0 Å². The largest absolute Gasteiger partial charge is 0.394 e. The lowest BCUT2D eigenvalue weighted by Crippen LogP contribution is -2.70. The number of ether oxygens (including phenoxy) is 1. The number of aliphatic hydroxyl groups excluding tert-OH is 1. The number of nitrogens with zero attached hydrogens (tertiary/aromatic N) is 2. The number of amides is 3. The molecule has 2 aliphatic rings. The average Bonchev–Trinajstić information content (AvgIpc) is 2.49. The van der Waals surface area contributed by atoms with Crippen molar-refractivity contribution in [2.75, 3.05) is 13.7 Å². The molecule has 9 nitrogen and oxygen atoms in total. The minimum absolute atomic E-state index is 0.0737. The predicted octanol–water partition coefficient (Wildman–Crippen LogP) is -2.18. The fourth-order valence-electron chi connectivity index (χ4n) is 2.18. The van der Waals surface area contributed by atoms with Crippen molar-refractivity contribution in [3.05, 3.63) is 0 Å². The first-order valence-electron chi connectivity index (χ1n) is 5.32. The van der Waals surface area contributed by atoms with E-state index in [-0.39, 0.29) is 17.9 Å². The van der Waals surface area contributed by atoms with E-state index in [4.69, 9.17) is 9.84 Å². The van der Waals surface area contributed by atoms with Crippen molar-refractivity contribution < 1.29 is 34.9 Å². The number of hydrogen-bond acceptors (Lipinski definition) is 7. The first-order chi connectivity index (χ1) is 8.28. The van der Waals surface area contributed by atoms with E-state index < -0.39 is 36.2 Å². The summed E-state index contributed by atoms with van der Waals surface area (Å²) in [5.41, 5.74) is -2.62. The zero-order chi connectivity index (χ0) is 13.7. The summed E-state index contributed by atoms with van der Waals surface area (Å²) in [6.07, 6.45) is -1.14. The first kappa shape index (κ1) is 13.2. The van der Waals surface area contributed by atoms with Crippen molar-refractivity contribution in [3.8, 4) is 0 Å². The Morgan fingerprint density at radius 2 is 2.06 bits per heavy atom. The second-order valence-electron chi connectivity index (χ2n) is 4.38. The molecule has 2 fully saturated rings. The third-order valence-corrected chi connectivity index (χ3v) is 3.26. The molecule has 2 rings (SSSR count). The van der Waals surface area contributed by atoms with Crippen molar-refractivity contribution in [2.24, 2.45) is 0 Å². The molecule has 0 saturated carbocycles. The van der Waals surface area contributed by atoms with Crippen LogP contribution in [0.25, 0.3) is 0 Å². The molecule has 2 atom stereocenters. The summed E-state index contributed by atoms with van der Waals surface area (Å²) in [6.45, 7) is -0.475. The molecular weight excluding hydrogens is 248 g/mol. The standard InChI is InChI=1S/C9H14N2O7/c1-10-6(13)9(11(17)7(10)14)8(15,16)3-2-5(4-12)18-9/h5,12,15-17H,2-4H2,1H3. The molecule has 102 valence electrons. The van der Waals surface area contributed by atoms with Crippen LogP contribution in [0, 0.1) is 0 Å². The second-order valence-corrected chi connectivity index (χ2v) is 4.38. The van der Waals surface area contributed by atoms with Gasteiger partial charge in [-0.1, -0.05) is 0 Å². The second kappa shape index (κ2) is 3.87. The van der Waals surface area contributed by atoms with Crippen molar-refractivity contribution in [3.63, 3.8) is 0 Å². The van der Waals surface area contributed by atoms with E-state index in [0.29, 0.717) is 4.90 Å². The van der Waals surface area contributed by atoms with E-state index in [2.05, 4.69) is 0 Å². The van der Waals surface area contributed by atoms with Gasteiger partial charge in [0.05, 0.1) is 12.7 Å². The van der Waals surface area contributed by atoms with Gasteiger partial charge in [-0.15, -0.1) is 0 Å². The topological polar surface area (TPSA) is 131 Å². The number of hydroxylamine groups is 2. The van der Waals surface area contributed by atoms with Crippen molar-refractivity contribution in [1.29, 1.82) is 0 Å². The molecule has 4 N–H and O–H groups in total. The minimum Gasteiger partial charge on any atom is -0.394 e. The number of rotatable bonds is 1. The summed E-state index contributed by atoms with van der Waals surface area (Å²) >= 11 is 0. The number of aliphatic hydroxyl groups is 3. The van der Waals surface area contributed by atoms with Crippen LogP contribution in [-0.4, -0.2) is 73.7 Å². The Bertz CT molecular complexity index is 398. The molecule has 18 heavy (non-hydrogen) atoms. The van der Waals surface area contributed by atoms with Gasteiger partial charge in [0.25, 0.3) is 5.91 Å². The van der Waals surface area contributed by atoms with Crippen LogP contribution >= 0.6 is 0 Å². The van der Waals surface area contributed by atoms with Crippen molar-refractivity contribution in [2.45, 2.75) is 30.5 Å². The molecule has 0 aromatic rings. The average molecular weight is 262 g/mol. The van der Waals surface area contributed by atoms with Crippen LogP contribution in [-0.2, 0) is 9.53 Å². The summed E-state index contributed by atoms with van der Waals surface area (Å²) in [4.78, 5) is 24.0. The molecule has 2 aliphatic heterocycles. The van der Waals surface area contributed by atoms with E-state index in [1.165, 1.54) is 0 Å². The Hall–Kier alpha value is -1.26. The van der Waals surface area contributed by atoms with Gasteiger partial charge in [0.1, 0.15) is 0 Å². The maximum absolute atomic E-state index is 12.0. The van der Waals surface area contributed by atoms with E-state index in [9.17, 15) is 25.0 Å². The van der Waals surface area contributed by atoms with Gasteiger partial charge in [-0.05, 0) is 6.42 Å². The summed E-state index contributed by atoms with van der Waals surface area (Å²) in [5, 5.41) is 38.3. The zero-order valence-electron chi connectivity index (χ0n) is 9.61. The number of carbonyl (C=O) groups is 2. The Balaban J connectivity index is 2.48. The lowest BCUT2D eigenvalue weighted by atomic mass is 9.91. The number of likely N-dealkylation sites (N-methyl/N-ethyl adjacent to an activating group) is 1. The quantitative estimate of drug-likeness (QED) is 0.240. The molecule has 2 saturated heterocycles. The Kier molecular flexibility index (Phi) is 2.83. The van der Waals surface area contributed by atoms with Crippen LogP contribution in [0.1, 0.15) is 12.8 Å². The minimum atomic E-state index is -2.73. The summed E-state index contributed by atoms with van der Waals surface area (Å²) in [7, 11) is 1.07. The van der Waals surface area contributed by atoms with Crippen molar-refractivity contribution in [1.82, 2.24) is 9.96 Å². The Morgan fingerprint density at radius 3 is 2.50 bits per heavy atom. The van der Waals surface area contributed by atoms with Gasteiger partial charge in [0.2, 0.25) is 5.79 Å². The lowest BCUT2D eigenvalue weighted by Gasteiger charge is -2.46. The smallest absolute Gasteiger partial charge is 0.353 e. The van der Waals surface area contributed by atoms with Crippen LogP contribution in [0.5, 0.6) is 0 Å². The van der Waals surface area contributed by atoms with Crippen molar-refractivity contribution >= 4 is 11.9 Å². The van der Waals surface area contributed by atoms with Crippen LogP contribution < -0.4 is 0 Å². The van der Waals surface area contributed by atoms with Crippen LogP contribution in [0.15, 0.2) is 0 Å². The third-order valence-electron chi connectivity index (χ3n) is 3.26. The SMILES string of the molecule is CN1C(=O)N(O)C2(OC(CO)CCC2(O)O)C1=O. The highest BCUT2D eigenvalue weighted by molar-refractivity contribution is 6.05. The summed E-state index contributed by atoms with van der Waals surface area (Å²) < 4.78 is 5.08. The van der Waals surface area contributed by atoms with Gasteiger partial charge in [0, 0.05) is 13.5 Å². The normalized spacial score (nSPS) is 35.7. The van der Waals surface area contributed by atoms with Crippen LogP contribution in [0.4, 0.5) is 4.79 Å². The van der Waals surface area contributed by atoms with Gasteiger partial charge >= 0.3 is 11.8 Å². The molecular formula is C9H14N2O7. The molecule has 2 unspecified atom stereocenters. The highest BCUT2D eigenvalue weighted by Crippen LogP contribution is 2.42. The van der Waals surface area contributed by atoms with Gasteiger partial charge < -0.3 is 20.1 Å². The summed E-state index contributed by atoms with van der Waals surface area (Å²) in [6, 6.07) is -1.13. The lowest BCUT2D eigenvalue weighted by molar-refractivity contribution is -0.384. The maximum Gasteiger partial charge on any atom is 0.353 e. The number of imide groups is 1. The summed E-state index contributed by atoms with van der Waals surface area (Å²) in [5.74, 6) is -3.83. The monoisotopic (exact) mass is 262 g/mol. The fraction of sp³-hybridized carbons (Fsp3) is 0.778. The fourth-order valence-corrected chi connectivity index (χ4v) is 2.18. The molecule has 2 heterocycles. The first-order valence-corrected chi connectivity index (χ1v) is 5.32. The number of urea groups is 1. The zero-order valence-corrected chi connectivity index (χ0v) is 9.61. The highest BCUT2D eigenvalue weighted by atomic mass is 16.7. The Morgan fingerprint density at radius 1 is 1.44 bits per heavy atom. The van der Waals surface area contributed by atoms with Gasteiger partial charge in [-0.25, -0.2) is 4.79 Å². The molecule has 0 aromatic heterocycles.